The summed E-state index contributed by atoms with van der Waals surface area (Å²) in [6, 6.07) is 11.6. The number of carbonyl (C=O) groups excluding carboxylic acids is 1. The molecule has 0 fully saturated rings. The molecule has 1 aliphatic rings. The van der Waals surface area contributed by atoms with Crippen LogP contribution in [0.15, 0.2) is 42.6 Å². The van der Waals surface area contributed by atoms with Crippen LogP contribution in [0, 0.1) is 5.92 Å². The van der Waals surface area contributed by atoms with Crippen molar-refractivity contribution in [1.82, 2.24) is 9.47 Å². The van der Waals surface area contributed by atoms with E-state index >= 15 is 0 Å². The van der Waals surface area contributed by atoms with E-state index in [0.29, 0.717) is 12.5 Å². The number of urea groups is 1. The molecule has 2 aromatic rings. The number of nitrogens with zero attached hydrogens (tertiary/aromatic N) is 2. The van der Waals surface area contributed by atoms with E-state index in [9.17, 15) is 4.79 Å². The lowest BCUT2D eigenvalue weighted by Gasteiger charge is -2.39. The van der Waals surface area contributed by atoms with Crippen LogP contribution in [-0.4, -0.2) is 29.2 Å². The Morgan fingerprint density at radius 3 is 2.61 bits per heavy atom. The van der Waals surface area contributed by atoms with Crippen LogP contribution in [0.4, 0.5) is 10.5 Å². The van der Waals surface area contributed by atoms with Gasteiger partial charge in [-0.25, -0.2) is 4.79 Å². The molecule has 0 saturated carbocycles. The summed E-state index contributed by atoms with van der Waals surface area (Å²) < 4.78 is 7.38. The minimum atomic E-state index is -0.0543. The van der Waals surface area contributed by atoms with E-state index in [4.69, 9.17) is 4.74 Å². The molecule has 1 aromatic heterocycles. The Hall–Kier alpha value is -2.43. The summed E-state index contributed by atoms with van der Waals surface area (Å²) in [6.07, 6.45) is 2.09. The van der Waals surface area contributed by atoms with Crippen LogP contribution >= 0.6 is 0 Å². The summed E-state index contributed by atoms with van der Waals surface area (Å²) >= 11 is 0. The lowest BCUT2D eigenvalue weighted by molar-refractivity contribution is 0.144. The quantitative estimate of drug-likeness (QED) is 0.938. The van der Waals surface area contributed by atoms with E-state index in [0.717, 1.165) is 18.0 Å². The predicted octanol–water partition coefficient (Wildman–Crippen LogP) is 3.74. The zero-order valence-electron chi connectivity index (χ0n) is 13.8. The molecule has 2 heterocycles. The van der Waals surface area contributed by atoms with Crippen LogP contribution < -0.4 is 10.1 Å². The van der Waals surface area contributed by atoms with Gasteiger partial charge in [0.15, 0.2) is 0 Å². The highest BCUT2D eigenvalue weighted by molar-refractivity contribution is 5.89. The number of methoxy groups -OCH3 is 1. The molecule has 0 bridgehead atoms. The standard InChI is InChI=1S/C18H23N3O2/c1-13(2)17-16-5-4-10-20(16)11-12-21(17)18(22)19-14-6-8-15(23-3)9-7-14/h4-10,13,17H,11-12H2,1-3H3,(H,19,22)/t17-/m1/s1. The molecule has 1 atom stereocenters. The van der Waals surface area contributed by atoms with Crippen LogP contribution in [0.25, 0.3) is 0 Å². The normalized spacial score (nSPS) is 17.0. The van der Waals surface area contributed by atoms with Crippen molar-refractivity contribution < 1.29 is 9.53 Å². The van der Waals surface area contributed by atoms with Crippen molar-refractivity contribution in [2.45, 2.75) is 26.4 Å². The average Bonchev–Trinajstić information content (AvgIpc) is 3.02. The Labute approximate surface area is 136 Å². The maximum atomic E-state index is 12.7. The van der Waals surface area contributed by atoms with Gasteiger partial charge in [0, 0.05) is 30.7 Å². The second-order valence-electron chi connectivity index (χ2n) is 6.17. The van der Waals surface area contributed by atoms with Crippen LogP contribution in [0.3, 0.4) is 0 Å². The fourth-order valence-electron chi connectivity index (χ4n) is 3.21. The van der Waals surface area contributed by atoms with E-state index in [1.807, 2.05) is 29.2 Å². The van der Waals surface area contributed by atoms with Crippen molar-refractivity contribution >= 4 is 11.7 Å². The molecule has 23 heavy (non-hydrogen) atoms. The Bertz CT molecular complexity index is 676. The van der Waals surface area contributed by atoms with Gasteiger partial charge >= 0.3 is 6.03 Å². The average molecular weight is 313 g/mol. The smallest absolute Gasteiger partial charge is 0.322 e. The summed E-state index contributed by atoms with van der Waals surface area (Å²) in [5.41, 5.74) is 1.98. The highest BCUT2D eigenvalue weighted by Gasteiger charge is 2.32. The Balaban J connectivity index is 1.78. The van der Waals surface area contributed by atoms with E-state index in [1.165, 1.54) is 5.69 Å². The number of rotatable bonds is 3. The van der Waals surface area contributed by atoms with Gasteiger partial charge in [-0.3, -0.25) is 0 Å². The maximum absolute atomic E-state index is 12.7. The molecular formula is C18H23N3O2. The first-order valence-corrected chi connectivity index (χ1v) is 7.97. The van der Waals surface area contributed by atoms with Crippen LogP contribution in [0.2, 0.25) is 0 Å². The third-order valence-electron chi connectivity index (χ3n) is 4.32. The summed E-state index contributed by atoms with van der Waals surface area (Å²) in [6.45, 7) is 5.86. The largest absolute Gasteiger partial charge is 0.497 e. The van der Waals surface area contributed by atoms with E-state index in [1.54, 1.807) is 7.11 Å². The van der Waals surface area contributed by atoms with Crippen molar-refractivity contribution in [2.24, 2.45) is 5.92 Å². The predicted molar refractivity (Wildman–Crippen MR) is 90.7 cm³/mol. The number of amides is 2. The van der Waals surface area contributed by atoms with Gasteiger partial charge in [-0.15, -0.1) is 0 Å². The second kappa shape index (κ2) is 6.36. The molecule has 0 radical (unpaired) electrons. The first-order chi connectivity index (χ1) is 11.1. The van der Waals surface area contributed by atoms with Gasteiger partial charge in [-0.05, 0) is 42.3 Å². The molecular weight excluding hydrogens is 290 g/mol. The number of anilines is 1. The number of hydrogen-bond donors (Lipinski definition) is 1. The molecule has 5 nitrogen and oxygen atoms in total. The number of benzene rings is 1. The molecule has 3 rings (SSSR count). The molecule has 0 aliphatic carbocycles. The minimum Gasteiger partial charge on any atom is -0.497 e. The van der Waals surface area contributed by atoms with Gasteiger partial charge in [-0.1, -0.05) is 13.8 Å². The first kappa shape index (κ1) is 15.5. The molecule has 0 unspecified atom stereocenters. The lowest BCUT2D eigenvalue weighted by Crippen LogP contribution is -2.45. The zero-order chi connectivity index (χ0) is 16.4. The molecule has 1 aliphatic heterocycles. The molecule has 5 heteroatoms. The molecule has 0 saturated heterocycles. The van der Waals surface area contributed by atoms with E-state index < -0.39 is 0 Å². The number of aromatic nitrogens is 1. The van der Waals surface area contributed by atoms with E-state index in [2.05, 4.69) is 42.1 Å². The Kier molecular flexibility index (Phi) is 4.28. The number of nitrogens with one attached hydrogen (secondary N) is 1. The number of ether oxygens (including phenoxy) is 1. The van der Waals surface area contributed by atoms with Crippen molar-refractivity contribution in [3.8, 4) is 5.75 Å². The molecule has 122 valence electrons. The van der Waals surface area contributed by atoms with Gasteiger partial charge in [0.1, 0.15) is 5.75 Å². The van der Waals surface area contributed by atoms with Gasteiger partial charge in [-0.2, -0.15) is 0 Å². The summed E-state index contributed by atoms with van der Waals surface area (Å²) in [5.74, 6) is 1.13. The van der Waals surface area contributed by atoms with Crippen LogP contribution in [0.1, 0.15) is 25.6 Å². The monoisotopic (exact) mass is 313 g/mol. The molecule has 2 amide bonds. The third-order valence-corrected chi connectivity index (χ3v) is 4.32. The van der Waals surface area contributed by atoms with Crippen LogP contribution in [-0.2, 0) is 6.54 Å². The lowest BCUT2D eigenvalue weighted by atomic mass is 9.97. The van der Waals surface area contributed by atoms with Gasteiger partial charge in [0.2, 0.25) is 0 Å². The number of carbonyl (C=O) groups is 1. The maximum Gasteiger partial charge on any atom is 0.322 e. The van der Waals surface area contributed by atoms with Gasteiger partial charge in [0.25, 0.3) is 0 Å². The minimum absolute atomic E-state index is 0.0543. The molecule has 1 N–H and O–H groups in total. The summed E-state index contributed by atoms with van der Waals surface area (Å²) in [4.78, 5) is 14.7. The number of hydrogen-bond acceptors (Lipinski definition) is 2. The van der Waals surface area contributed by atoms with Crippen molar-refractivity contribution in [1.29, 1.82) is 0 Å². The summed E-state index contributed by atoms with van der Waals surface area (Å²) in [7, 11) is 1.63. The van der Waals surface area contributed by atoms with Crippen molar-refractivity contribution in [2.75, 3.05) is 19.0 Å². The molecule has 0 spiro atoms. The van der Waals surface area contributed by atoms with Gasteiger partial charge in [0.05, 0.1) is 13.2 Å². The fourth-order valence-corrected chi connectivity index (χ4v) is 3.21. The zero-order valence-corrected chi connectivity index (χ0v) is 13.8. The van der Waals surface area contributed by atoms with Crippen molar-refractivity contribution in [3.63, 3.8) is 0 Å². The Morgan fingerprint density at radius 1 is 1.22 bits per heavy atom. The van der Waals surface area contributed by atoms with Crippen molar-refractivity contribution in [3.05, 3.63) is 48.3 Å². The molecule has 1 aromatic carbocycles. The second-order valence-corrected chi connectivity index (χ2v) is 6.17. The first-order valence-electron chi connectivity index (χ1n) is 7.97. The summed E-state index contributed by atoms with van der Waals surface area (Å²) in [5, 5.41) is 2.99. The van der Waals surface area contributed by atoms with Crippen LogP contribution in [0.5, 0.6) is 5.75 Å². The topological polar surface area (TPSA) is 46.5 Å². The number of fused-ring (bicyclic) bond motifs is 1. The van der Waals surface area contributed by atoms with E-state index in [-0.39, 0.29) is 12.1 Å². The third kappa shape index (κ3) is 3.04. The Morgan fingerprint density at radius 2 is 1.96 bits per heavy atom. The fraction of sp³-hybridized carbons (Fsp3) is 0.389. The van der Waals surface area contributed by atoms with Gasteiger partial charge < -0.3 is 19.5 Å². The SMILES string of the molecule is COc1ccc(NC(=O)N2CCn3cccc3[C@H]2C(C)C)cc1. The highest BCUT2D eigenvalue weighted by atomic mass is 16.5. The highest BCUT2D eigenvalue weighted by Crippen LogP contribution is 2.32.